The summed E-state index contributed by atoms with van der Waals surface area (Å²) in [6, 6.07) is 0. The van der Waals surface area contributed by atoms with Crippen LogP contribution in [0.4, 0.5) is 0 Å². The van der Waals surface area contributed by atoms with E-state index in [1.54, 1.807) is 0 Å². The third-order valence-electron chi connectivity index (χ3n) is 5.24. The largest absolute Gasteiger partial charge is 0.455 e. The smallest absolute Gasteiger partial charge is 0.336 e. The number of hydrogen-bond donors (Lipinski definition) is 1. The van der Waals surface area contributed by atoms with Crippen LogP contribution in [0.3, 0.4) is 0 Å². The van der Waals surface area contributed by atoms with Crippen molar-refractivity contribution in [2.45, 2.75) is 82.7 Å². The third-order valence-corrected chi connectivity index (χ3v) is 5.24. The molecule has 2 saturated carbocycles. The van der Waals surface area contributed by atoms with Crippen molar-refractivity contribution in [3.05, 3.63) is 0 Å². The molecule has 20 heavy (non-hydrogen) atoms. The number of cyclic esters (lactones) is 1. The van der Waals surface area contributed by atoms with Gasteiger partial charge in [-0.05, 0) is 31.6 Å². The average molecular weight is 282 g/mol. The Bertz CT molecular complexity index is 331. The van der Waals surface area contributed by atoms with Crippen LogP contribution in [0.25, 0.3) is 0 Å². The van der Waals surface area contributed by atoms with Crippen molar-refractivity contribution < 1.29 is 19.4 Å². The zero-order valence-electron chi connectivity index (χ0n) is 12.1. The van der Waals surface area contributed by atoms with Gasteiger partial charge in [0, 0.05) is 5.92 Å². The van der Waals surface area contributed by atoms with E-state index in [1.165, 1.54) is 12.8 Å². The molecule has 0 aromatic carbocycles. The van der Waals surface area contributed by atoms with Crippen molar-refractivity contribution in [2.24, 2.45) is 11.8 Å². The number of aliphatic hydroxyl groups is 1. The van der Waals surface area contributed by atoms with E-state index >= 15 is 0 Å². The highest BCUT2D eigenvalue weighted by atomic mass is 16.7. The van der Waals surface area contributed by atoms with Gasteiger partial charge in [0.15, 0.2) is 18.5 Å². The lowest BCUT2D eigenvalue weighted by Crippen LogP contribution is -2.52. The maximum absolute atomic E-state index is 12.2. The Kier molecular flexibility index (Phi) is 4.61. The van der Waals surface area contributed by atoms with Crippen molar-refractivity contribution in [2.75, 3.05) is 0 Å². The van der Waals surface area contributed by atoms with Gasteiger partial charge in [0.1, 0.15) is 0 Å². The molecule has 1 aliphatic heterocycles. The molecular weight excluding hydrogens is 256 g/mol. The van der Waals surface area contributed by atoms with Crippen LogP contribution in [0.15, 0.2) is 0 Å². The minimum atomic E-state index is -0.928. The molecule has 4 nitrogen and oxygen atoms in total. The van der Waals surface area contributed by atoms with E-state index in [2.05, 4.69) is 0 Å². The molecule has 3 aliphatic rings. The summed E-state index contributed by atoms with van der Waals surface area (Å²) in [4.78, 5) is 12.2. The molecule has 0 radical (unpaired) electrons. The fourth-order valence-electron chi connectivity index (χ4n) is 4.07. The van der Waals surface area contributed by atoms with Gasteiger partial charge in [-0.1, -0.05) is 38.5 Å². The fraction of sp³-hybridized carbons (Fsp3) is 0.938. The summed E-state index contributed by atoms with van der Waals surface area (Å²) in [5.74, 6) is 0.269. The summed E-state index contributed by atoms with van der Waals surface area (Å²) < 4.78 is 11.3. The summed E-state index contributed by atoms with van der Waals surface area (Å²) in [5, 5.41) is 10.2. The van der Waals surface area contributed by atoms with Crippen LogP contribution in [0.5, 0.6) is 0 Å². The Morgan fingerprint density at radius 1 is 0.850 bits per heavy atom. The summed E-state index contributed by atoms with van der Waals surface area (Å²) in [6.07, 6.45) is 9.31. The lowest BCUT2D eigenvalue weighted by atomic mass is 9.83. The topological polar surface area (TPSA) is 55.8 Å². The molecule has 3 rings (SSSR count). The van der Waals surface area contributed by atoms with Gasteiger partial charge in [0.25, 0.3) is 0 Å². The summed E-state index contributed by atoms with van der Waals surface area (Å²) in [5.41, 5.74) is 0. The van der Waals surface area contributed by atoms with Crippen LogP contribution in [-0.4, -0.2) is 29.6 Å². The Morgan fingerprint density at radius 3 is 2.00 bits per heavy atom. The Labute approximate surface area is 120 Å². The van der Waals surface area contributed by atoms with Crippen molar-refractivity contribution >= 4 is 5.97 Å². The van der Waals surface area contributed by atoms with Crippen LogP contribution in [0.2, 0.25) is 0 Å². The standard InChI is InChI=1S/C16H26O4/c17-15-13(11-7-3-1-4-8-11)19-16(18)14(20-15)12-9-5-2-6-10-12/h11-15,17H,1-10H2. The molecule has 0 aromatic rings. The van der Waals surface area contributed by atoms with Crippen LogP contribution < -0.4 is 0 Å². The zero-order valence-corrected chi connectivity index (χ0v) is 12.1. The van der Waals surface area contributed by atoms with Crippen molar-refractivity contribution in [3.63, 3.8) is 0 Å². The minimum Gasteiger partial charge on any atom is -0.455 e. The third kappa shape index (κ3) is 3.01. The van der Waals surface area contributed by atoms with Crippen LogP contribution >= 0.6 is 0 Å². The highest BCUT2D eigenvalue weighted by Gasteiger charge is 2.44. The summed E-state index contributed by atoms with van der Waals surface area (Å²) in [6.45, 7) is 0. The van der Waals surface area contributed by atoms with Crippen LogP contribution in [0, 0.1) is 11.8 Å². The Balaban J connectivity index is 1.61. The van der Waals surface area contributed by atoms with E-state index in [-0.39, 0.29) is 17.8 Å². The van der Waals surface area contributed by atoms with E-state index < -0.39 is 18.5 Å². The molecule has 1 heterocycles. The molecule has 3 atom stereocenters. The van der Waals surface area contributed by atoms with Crippen LogP contribution in [0.1, 0.15) is 64.2 Å². The second-order valence-corrected chi connectivity index (χ2v) is 6.64. The van der Waals surface area contributed by atoms with Gasteiger partial charge >= 0.3 is 5.97 Å². The normalized spacial score (nSPS) is 37.6. The summed E-state index contributed by atoms with van der Waals surface area (Å²) >= 11 is 0. The molecular formula is C16H26O4. The number of hydrogen-bond acceptors (Lipinski definition) is 4. The number of carbonyl (C=O) groups is 1. The predicted octanol–water partition coefficient (Wildman–Crippen LogP) is 2.78. The van der Waals surface area contributed by atoms with Gasteiger partial charge in [0.05, 0.1) is 0 Å². The second kappa shape index (κ2) is 6.44. The first-order valence-corrected chi connectivity index (χ1v) is 8.30. The van der Waals surface area contributed by atoms with E-state index in [0.717, 1.165) is 51.4 Å². The monoisotopic (exact) mass is 282 g/mol. The van der Waals surface area contributed by atoms with E-state index in [0.29, 0.717) is 0 Å². The first-order chi connectivity index (χ1) is 9.75. The molecule has 4 heteroatoms. The molecule has 0 aromatic heterocycles. The predicted molar refractivity (Wildman–Crippen MR) is 73.9 cm³/mol. The van der Waals surface area contributed by atoms with Gasteiger partial charge in [-0.2, -0.15) is 0 Å². The number of rotatable bonds is 2. The first-order valence-electron chi connectivity index (χ1n) is 8.30. The van der Waals surface area contributed by atoms with E-state index in [9.17, 15) is 9.90 Å². The number of aliphatic hydroxyl groups excluding tert-OH is 1. The van der Waals surface area contributed by atoms with Gasteiger partial charge in [-0.25, -0.2) is 4.79 Å². The minimum absolute atomic E-state index is 0.234. The molecule has 1 saturated heterocycles. The fourth-order valence-corrected chi connectivity index (χ4v) is 4.07. The van der Waals surface area contributed by atoms with Crippen molar-refractivity contribution in [1.29, 1.82) is 0 Å². The van der Waals surface area contributed by atoms with E-state index in [1.807, 2.05) is 0 Å². The molecule has 0 bridgehead atoms. The van der Waals surface area contributed by atoms with Gasteiger partial charge in [-0.3, -0.25) is 0 Å². The highest BCUT2D eigenvalue weighted by Crippen LogP contribution is 2.36. The maximum Gasteiger partial charge on any atom is 0.336 e. The molecule has 3 fully saturated rings. The Morgan fingerprint density at radius 2 is 1.40 bits per heavy atom. The molecule has 0 amide bonds. The van der Waals surface area contributed by atoms with Gasteiger partial charge in [0.2, 0.25) is 0 Å². The number of esters is 1. The van der Waals surface area contributed by atoms with Crippen molar-refractivity contribution in [1.82, 2.24) is 0 Å². The SMILES string of the molecule is O=C1OC(C2CCCCC2)C(O)OC1C1CCCCC1. The molecule has 0 spiro atoms. The second-order valence-electron chi connectivity index (χ2n) is 6.64. The maximum atomic E-state index is 12.2. The Hall–Kier alpha value is -0.610. The van der Waals surface area contributed by atoms with E-state index in [4.69, 9.17) is 9.47 Å². The quantitative estimate of drug-likeness (QED) is 0.791. The lowest BCUT2D eigenvalue weighted by molar-refractivity contribution is -0.265. The molecule has 3 unspecified atom stereocenters. The van der Waals surface area contributed by atoms with Crippen molar-refractivity contribution in [3.8, 4) is 0 Å². The number of ether oxygens (including phenoxy) is 2. The summed E-state index contributed by atoms with van der Waals surface area (Å²) in [7, 11) is 0. The van der Waals surface area contributed by atoms with Gasteiger partial charge in [-0.15, -0.1) is 0 Å². The number of carbonyl (C=O) groups excluding carboxylic acids is 1. The average Bonchev–Trinajstić information content (AvgIpc) is 2.51. The van der Waals surface area contributed by atoms with Crippen LogP contribution in [-0.2, 0) is 14.3 Å². The first kappa shape index (κ1) is 14.3. The zero-order chi connectivity index (χ0) is 13.9. The molecule has 1 N–H and O–H groups in total. The lowest BCUT2D eigenvalue weighted by Gasteiger charge is -2.41. The molecule has 114 valence electrons. The molecule has 2 aliphatic carbocycles. The van der Waals surface area contributed by atoms with Gasteiger partial charge < -0.3 is 14.6 Å². The highest BCUT2D eigenvalue weighted by molar-refractivity contribution is 5.76.